The molecule has 0 saturated carbocycles. The van der Waals surface area contributed by atoms with Gasteiger partial charge in [0.1, 0.15) is 0 Å². The fraction of sp³-hybridized carbons (Fsp3) is 0.500. The maximum atomic E-state index is 11.9. The number of nitrogens with one attached hydrogen (secondary N) is 1. The molecule has 0 spiro atoms. The number of carbonyl (C=O) groups excluding carboxylic acids is 1. The normalized spacial score (nSPS) is 18.3. The highest BCUT2D eigenvalue weighted by molar-refractivity contribution is 6.33. The number of amides is 1. The summed E-state index contributed by atoms with van der Waals surface area (Å²) < 4.78 is 5.17. The molecule has 0 aromatic carbocycles. The fourth-order valence-electron chi connectivity index (χ4n) is 1.83. The second kappa shape index (κ2) is 5.65. The van der Waals surface area contributed by atoms with Crippen LogP contribution >= 0.6 is 11.6 Å². The van der Waals surface area contributed by atoms with Crippen molar-refractivity contribution in [2.24, 2.45) is 0 Å². The molecule has 6 heteroatoms. The van der Waals surface area contributed by atoms with Gasteiger partial charge in [0.15, 0.2) is 0 Å². The van der Waals surface area contributed by atoms with Crippen molar-refractivity contribution < 1.29 is 14.6 Å². The highest BCUT2D eigenvalue weighted by atomic mass is 35.5. The number of ether oxygens (including phenoxy) is 1. The Kier molecular flexibility index (Phi) is 4.16. The first kappa shape index (κ1) is 13.3. The van der Waals surface area contributed by atoms with Gasteiger partial charge < -0.3 is 15.2 Å². The minimum absolute atomic E-state index is 0.202. The lowest BCUT2D eigenvalue weighted by Crippen LogP contribution is -2.46. The van der Waals surface area contributed by atoms with Gasteiger partial charge in [-0.3, -0.25) is 9.78 Å². The average molecular weight is 271 g/mol. The Morgan fingerprint density at radius 3 is 2.94 bits per heavy atom. The molecule has 1 saturated heterocycles. The maximum Gasteiger partial charge on any atom is 0.253 e. The lowest BCUT2D eigenvalue weighted by Gasteiger charge is -2.32. The lowest BCUT2D eigenvalue weighted by molar-refractivity contribution is -0.0605. The van der Waals surface area contributed by atoms with E-state index in [0.29, 0.717) is 36.6 Å². The number of halogens is 1. The van der Waals surface area contributed by atoms with Crippen molar-refractivity contribution in [3.8, 4) is 0 Å². The van der Waals surface area contributed by atoms with Crippen LogP contribution in [0, 0.1) is 0 Å². The van der Waals surface area contributed by atoms with Crippen LogP contribution in [0.1, 0.15) is 23.2 Å². The third-order valence-electron chi connectivity index (χ3n) is 3.02. The van der Waals surface area contributed by atoms with Crippen LogP contribution in [-0.2, 0) is 4.74 Å². The Balaban J connectivity index is 1.94. The quantitative estimate of drug-likeness (QED) is 0.860. The van der Waals surface area contributed by atoms with Crippen molar-refractivity contribution in [3.63, 3.8) is 0 Å². The zero-order valence-electron chi connectivity index (χ0n) is 9.86. The zero-order valence-corrected chi connectivity index (χ0v) is 10.6. The zero-order chi connectivity index (χ0) is 13.0. The van der Waals surface area contributed by atoms with E-state index in [1.165, 1.54) is 12.4 Å². The van der Waals surface area contributed by atoms with E-state index < -0.39 is 5.60 Å². The molecule has 5 nitrogen and oxygen atoms in total. The number of hydrogen-bond acceptors (Lipinski definition) is 4. The molecular formula is C12H15ClN2O3. The van der Waals surface area contributed by atoms with Gasteiger partial charge in [-0.1, -0.05) is 11.6 Å². The van der Waals surface area contributed by atoms with Crippen LogP contribution in [0.2, 0.25) is 5.02 Å². The molecule has 0 aliphatic carbocycles. The molecular weight excluding hydrogens is 256 g/mol. The summed E-state index contributed by atoms with van der Waals surface area (Å²) in [5, 5.41) is 13.2. The molecule has 2 heterocycles. The van der Waals surface area contributed by atoms with Gasteiger partial charge in [-0.05, 0) is 6.07 Å². The summed E-state index contributed by atoms with van der Waals surface area (Å²) in [5.74, 6) is -0.303. The summed E-state index contributed by atoms with van der Waals surface area (Å²) in [6, 6.07) is 1.55. The Labute approximate surface area is 110 Å². The van der Waals surface area contributed by atoms with Gasteiger partial charge in [0.2, 0.25) is 0 Å². The molecule has 0 bridgehead atoms. The third-order valence-corrected chi connectivity index (χ3v) is 3.32. The summed E-state index contributed by atoms with van der Waals surface area (Å²) in [6.07, 6.45) is 3.97. The minimum atomic E-state index is -0.882. The van der Waals surface area contributed by atoms with Gasteiger partial charge in [-0.2, -0.15) is 0 Å². The molecule has 1 fully saturated rings. The Hall–Kier alpha value is -1.17. The first-order valence-corrected chi connectivity index (χ1v) is 6.16. The van der Waals surface area contributed by atoms with E-state index in [2.05, 4.69) is 10.3 Å². The van der Waals surface area contributed by atoms with Crippen LogP contribution in [0.15, 0.2) is 18.5 Å². The molecule has 1 aliphatic heterocycles. The number of pyridine rings is 1. The van der Waals surface area contributed by atoms with Crippen molar-refractivity contribution in [2.45, 2.75) is 18.4 Å². The molecule has 2 N–H and O–H groups in total. The predicted molar refractivity (Wildman–Crippen MR) is 66.6 cm³/mol. The number of aliphatic hydroxyl groups is 1. The fourth-order valence-corrected chi connectivity index (χ4v) is 2.03. The SMILES string of the molecule is O=C(NCC1(O)CCOCC1)c1ccncc1Cl. The van der Waals surface area contributed by atoms with Gasteiger partial charge >= 0.3 is 0 Å². The summed E-state index contributed by atoms with van der Waals surface area (Å²) >= 11 is 5.87. The molecule has 1 amide bonds. The van der Waals surface area contributed by atoms with Gasteiger partial charge in [0, 0.05) is 45.0 Å². The molecule has 18 heavy (non-hydrogen) atoms. The molecule has 1 aromatic heterocycles. The van der Waals surface area contributed by atoms with Gasteiger partial charge in [0.25, 0.3) is 5.91 Å². The first-order chi connectivity index (χ1) is 8.61. The highest BCUT2D eigenvalue weighted by Crippen LogP contribution is 2.20. The van der Waals surface area contributed by atoms with E-state index >= 15 is 0 Å². The monoisotopic (exact) mass is 270 g/mol. The number of hydrogen-bond donors (Lipinski definition) is 2. The molecule has 1 aromatic rings. The van der Waals surface area contributed by atoms with E-state index in [0.717, 1.165) is 0 Å². The minimum Gasteiger partial charge on any atom is -0.388 e. The van der Waals surface area contributed by atoms with Crippen LogP contribution in [0.3, 0.4) is 0 Å². The van der Waals surface area contributed by atoms with Crippen LogP contribution < -0.4 is 5.32 Å². The van der Waals surface area contributed by atoms with Crippen molar-refractivity contribution in [1.82, 2.24) is 10.3 Å². The number of carbonyl (C=O) groups is 1. The van der Waals surface area contributed by atoms with Gasteiger partial charge in [-0.25, -0.2) is 0 Å². The molecule has 0 atom stereocenters. The largest absolute Gasteiger partial charge is 0.388 e. The maximum absolute atomic E-state index is 11.9. The first-order valence-electron chi connectivity index (χ1n) is 5.79. The Morgan fingerprint density at radius 2 is 2.28 bits per heavy atom. The summed E-state index contributed by atoms with van der Waals surface area (Å²) in [4.78, 5) is 15.7. The molecule has 0 radical (unpaired) electrons. The second-order valence-electron chi connectivity index (χ2n) is 4.37. The van der Waals surface area contributed by atoms with Crippen molar-refractivity contribution in [3.05, 3.63) is 29.0 Å². The third kappa shape index (κ3) is 3.19. The van der Waals surface area contributed by atoms with Crippen molar-refractivity contribution in [2.75, 3.05) is 19.8 Å². The van der Waals surface area contributed by atoms with Crippen molar-refractivity contribution in [1.29, 1.82) is 0 Å². The van der Waals surface area contributed by atoms with E-state index in [1.807, 2.05) is 0 Å². The average Bonchev–Trinajstić information content (AvgIpc) is 2.38. The Morgan fingerprint density at radius 1 is 1.56 bits per heavy atom. The van der Waals surface area contributed by atoms with Crippen LogP contribution in [-0.4, -0.2) is 41.4 Å². The topological polar surface area (TPSA) is 71.5 Å². The van der Waals surface area contributed by atoms with E-state index in [1.54, 1.807) is 6.07 Å². The van der Waals surface area contributed by atoms with E-state index in [4.69, 9.17) is 16.3 Å². The molecule has 1 aliphatic rings. The van der Waals surface area contributed by atoms with Crippen LogP contribution in [0.4, 0.5) is 0 Å². The van der Waals surface area contributed by atoms with E-state index in [9.17, 15) is 9.90 Å². The Bertz CT molecular complexity index is 433. The summed E-state index contributed by atoms with van der Waals surface area (Å²) in [6.45, 7) is 1.23. The van der Waals surface area contributed by atoms with Crippen molar-refractivity contribution >= 4 is 17.5 Å². The highest BCUT2D eigenvalue weighted by Gasteiger charge is 2.30. The van der Waals surface area contributed by atoms with Crippen LogP contribution in [0.25, 0.3) is 0 Å². The van der Waals surface area contributed by atoms with Crippen LogP contribution in [0.5, 0.6) is 0 Å². The van der Waals surface area contributed by atoms with Gasteiger partial charge in [0.05, 0.1) is 16.2 Å². The standard InChI is InChI=1S/C12H15ClN2O3/c13-10-7-14-4-1-9(10)11(16)15-8-12(17)2-5-18-6-3-12/h1,4,7,17H,2-3,5-6,8H2,(H,15,16). The van der Waals surface area contributed by atoms with E-state index in [-0.39, 0.29) is 12.5 Å². The molecule has 2 rings (SSSR count). The predicted octanol–water partition coefficient (Wildman–Crippen LogP) is 1.01. The summed E-state index contributed by atoms with van der Waals surface area (Å²) in [5.41, 5.74) is -0.518. The number of aromatic nitrogens is 1. The lowest BCUT2D eigenvalue weighted by atomic mass is 9.94. The van der Waals surface area contributed by atoms with Gasteiger partial charge in [-0.15, -0.1) is 0 Å². The number of rotatable bonds is 3. The molecule has 0 unspecified atom stereocenters. The second-order valence-corrected chi connectivity index (χ2v) is 4.78. The molecule has 98 valence electrons. The summed E-state index contributed by atoms with van der Waals surface area (Å²) in [7, 11) is 0. The number of nitrogens with zero attached hydrogens (tertiary/aromatic N) is 1. The smallest absolute Gasteiger partial charge is 0.253 e.